The van der Waals surface area contributed by atoms with E-state index in [9.17, 15) is 4.79 Å². The number of fused-ring (bicyclic) bond motifs is 2. The molecule has 8 nitrogen and oxygen atoms in total. The molecular formula is C25H23N5O3. The highest BCUT2D eigenvalue weighted by atomic mass is 16.5. The fourth-order valence-corrected chi connectivity index (χ4v) is 3.75. The molecule has 2 amide bonds. The Bertz CT molecular complexity index is 1540. The number of carbonyl (C=O) groups excluding carboxylic acids is 1. The highest BCUT2D eigenvalue weighted by Crippen LogP contribution is 2.30. The number of nitrogens with one attached hydrogen (secondary N) is 3. The molecule has 166 valence electrons. The van der Waals surface area contributed by atoms with Crippen LogP contribution in [0.25, 0.3) is 21.9 Å². The highest BCUT2D eigenvalue weighted by molar-refractivity contribution is 6.06. The Labute approximate surface area is 193 Å². The van der Waals surface area contributed by atoms with Crippen LogP contribution in [0.4, 0.5) is 16.2 Å². The molecule has 0 atom stereocenters. The number of anilines is 2. The van der Waals surface area contributed by atoms with E-state index in [0.29, 0.717) is 50.4 Å². The van der Waals surface area contributed by atoms with Crippen LogP contribution < -0.4 is 20.1 Å². The summed E-state index contributed by atoms with van der Waals surface area (Å²) in [5.41, 5.74) is 2.74. The Balaban J connectivity index is 1.47. The van der Waals surface area contributed by atoms with Crippen LogP contribution in [0, 0.1) is 0 Å². The first-order chi connectivity index (χ1) is 16.9. The van der Waals surface area contributed by atoms with E-state index in [0.717, 1.165) is 0 Å². The summed E-state index contributed by atoms with van der Waals surface area (Å²) in [6.45, 7) is -1.86. The van der Waals surface area contributed by atoms with Crippen molar-refractivity contribution in [3.8, 4) is 11.5 Å². The number of ether oxygens (including phenoxy) is 2. The van der Waals surface area contributed by atoms with Gasteiger partial charge in [0.15, 0.2) is 0 Å². The first-order valence-electron chi connectivity index (χ1n) is 11.3. The second-order valence-electron chi connectivity index (χ2n) is 7.28. The SMILES string of the molecule is [2H]C([2H])(c1ccnc2[nH]ccc12)n1ccc2c(NC(=O)Nc3cc(OC)ccc3OC)cccc21. The summed E-state index contributed by atoms with van der Waals surface area (Å²) in [4.78, 5) is 20.1. The van der Waals surface area contributed by atoms with E-state index < -0.39 is 12.5 Å². The number of urea groups is 1. The summed E-state index contributed by atoms with van der Waals surface area (Å²) < 4.78 is 30.0. The predicted octanol–water partition coefficient (Wildman–Crippen LogP) is 5.23. The Morgan fingerprint density at radius 1 is 1.06 bits per heavy atom. The lowest BCUT2D eigenvalue weighted by atomic mass is 10.2. The number of nitrogens with zero attached hydrogens (tertiary/aromatic N) is 2. The lowest BCUT2D eigenvalue weighted by Crippen LogP contribution is -2.20. The van der Waals surface area contributed by atoms with Gasteiger partial charge in [0.25, 0.3) is 0 Å². The van der Waals surface area contributed by atoms with Gasteiger partial charge in [-0.2, -0.15) is 0 Å². The first kappa shape index (κ1) is 18.1. The van der Waals surface area contributed by atoms with Gasteiger partial charge in [-0.1, -0.05) is 6.07 Å². The van der Waals surface area contributed by atoms with Crippen LogP contribution in [0.15, 0.2) is 73.2 Å². The number of H-pyrrole nitrogens is 1. The van der Waals surface area contributed by atoms with Gasteiger partial charge in [-0.3, -0.25) is 0 Å². The first-order valence-corrected chi connectivity index (χ1v) is 10.3. The minimum atomic E-state index is -1.86. The third kappa shape index (κ3) is 3.94. The fraction of sp³-hybridized carbons (Fsp3) is 0.120. The van der Waals surface area contributed by atoms with Gasteiger partial charge in [-0.25, -0.2) is 9.78 Å². The van der Waals surface area contributed by atoms with Gasteiger partial charge in [0.05, 0.1) is 33.9 Å². The fourth-order valence-electron chi connectivity index (χ4n) is 3.75. The van der Waals surface area contributed by atoms with E-state index in [1.165, 1.54) is 7.11 Å². The molecule has 5 rings (SSSR count). The summed E-state index contributed by atoms with van der Waals surface area (Å²) >= 11 is 0. The van der Waals surface area contributed by atoms with Gasteiger partial charge in [-0.15, -0.1) is 0 Å². The summed E-state index contributed by atoms with van der Waals surface area (Å²) in [6.07, 6.45) is 5.00. The number of hydrogen-bond acceptors (Lipinski definition) is 4. The predicted molar refractivity (Wildman–Crippen MR) is 129 cm³/mol. The molecule has 3 N–H and O–H groups in total. The van der Waals surface area contributed by atoms with Crippen molar-refractivity contribution in [1.29, 1.82) is 0 Å². The number of aromatic amines is 1. The molecule has 0 bridgehead atoms. The van der Waals surface area contributed by atoms with Crippen molar-refractivity contribution in [3.63, 3.8) is 0 Å². The maximum atomic E-state index is 12.8. The van der Waals surface area contributed by atoms with Gasteiger partial charge >= 0.3 is 6.03 Å². The third-order valence-corrected chi connectivity index (χ3v) is 5.34. The number of hydrogen-bond donors (Lipinski definition) is 3. The number of rotatable bonds is 6. The van der Waals surface area contributed by atoms with E-state index in [-0.39, 0.29) is 0 Å². The summed E-state index contributed by atoms with van der Waals surface area (Å²) in [6, 6.07) is 15.3. The maximum Gasteiger partial charge on any atom is 0.323 e. The Morgan fingerprint density at radius 2 is 1.94 bits per heavy atom. The molecule has 2 aromatic carbocycles. The van der Waals surface area contributed by atoms with Crippen LogP contribution in [0.5, 0.6) is 11.5 Å². The lowest BCUT2D eigenvalue weighted by molar-refractivity contribution is 0.262. The zero-order chi connectivity index (χ0) is 24.6. The maximum absolute atomic E-state index is 12.8. The van der Waals surface area contributed by atoms with Crippen molar-refractivity contribution in [2.24, 2.45) is 0 Å². The normalized spacial score (nSPS) is 12.3. The van der Waals surface area contributed by atoms with Crippen LogP contribution in [-0.4, -0.2) is 34.8 Å². The molecular weight excluding hydrogens is 418 g/mol. The smallest absolute Gasteiger partial charge is 0.323 e. The molecule has 5 aromatic rings. The Kier molecular flexibility index (Phi) is 4.72. The molecule has 33 heavy (non-hydrogen) atoms. The molecule has 0 spiro atoms. The standard InChI is InChI=1S/C25H23N5O3/c1-32-17-6-7-23(33-2)21(14-17)29-25(31)28-20-4-3-5-22-19(20)10-13-30(22)15-16-8-11-26-24-18(16)9-12-27-24/h3-14H,15H2,1-2H3,(H,26,27)(H2,28,29,31)/i15D2. The number of benzene rings is 2. The number of aromatic nitrogens is 3. The van der Waals surface area contributed by atoms with Crippen LogP contribution in [0.1, 0.15) is 8.30 Å². The Morgan fingerprint density at radius 3 is 2.79 bits per heavy atom. The molecule has 3 aromatic heterocycles. The summed E-state index contributed by atoms with van der Waals surface area (Å²) in [5, 5.41) is 7.04. The van der Waals surface area contributed by atoms with Gasteiger partial charge in [0.1, 0.15) is 17.1 Å². The van der Waals surface area contributed by atoms with Gasteiger partial charge in [0, 0.05) is 41.9 Å². The van der Waals surface area contributed by atoms with Crippen molar-refractivity contribution < 1.29 is 17.0 Å². The second-order valence-corrected chi connectivity index (χ2v) is 7.28. The molecule has 0 radical (unpaired) electrons. The van der Waals surface area contributed by atoms with Crippen LogP contribution in [0.3, 0.4) is 0 Å². The van der Waals surface area contributed by atoms with Gasteiger partial charge in [0.2, 0.25) is 0 Å². The third-order valence-electron chi connectivity index (χ3n) is 5.34. The molecule has 0 saturated carbocycles. The Hall–Kier alpha value is -4.46. The molecule has 0 aliphatic heterocycles. The molecule has 8 heteroatoms. The number of amides is 2. The highest BCUT2D eigenvalue weighted by Gasteiger charge is 2.13. The zero-order valence-corrected chi connectivity index (χ0v) is 18.0. The van der Waals surface area contributed by atoms with Gasteiger partial charge in [-0.05, 0) is 48.0 Å². The zero-order valence-electron chi connectivity index (χ0n) is 20.0. The molecule has 0 saturated heterocycles. The van der Waals surface area contributed by atoms with E-state index in [4.69, 9.17) is 12.2 Å². The average molecular weight is 444 g/mol. The molecule has 0 unspecified atom stereocenters. The van der Waals surface area contributed by atoms with Crippen molar-refractivity contribution in [3.05, 3.63) is 78.8 Å². The van der Waals surface area contributed by atoms with E-state index in [1.807, 2.05) is 12.1 Å². The second kappa shape index (κ2) is 8.58. The van der Waals surface area contributed by atoms with E-state index in [1.54, 1.807) is 72.7 Å². The molecule has 0 fully saturated rings. The minimum Gasteiger partial charge on any atom is -0.497 e. The van der Waals surface area contributed by atoms with Crippen LogP contribution in [-0.2, 0) is 6.50 Å². The largest absolute Gasteiger partial charge is 0.497 e. The minimum absolute atomic E-state index is 0.457. The summed E-state index contributed by atoms with van der Waals surface area (Å²) in [5.74, 6) is 1.07. The van der Waals surface area contributed by atoms with Crippen LogP contribution in [0.2, 0.25) is 0 Å². The number of carbonyl (C=O) groups is 1. The van der Waals surface area contributed by atoms with Gasteiger partial charge < -0.3 is 29.7 Å². The van der Waals surface area contributed by atoms with Crippen molar-refractivity contribution in [1.82, 2.24) is 14.5 Å². The molecule has 0 aliphatic carbocycles. The average Bonchev–Trinajstić information content (AvgIpc) is 3.51. The number of pyridine rings is 1. The van der Waals surface area contributed by atoms with Crippen molar-refractivity contribution in [2.45, 2.75) is 6.50 Å². The van der Waals surface area contributed by atoms with Crippen molar-refractivity contribution >= 4 is 39.3 Å². The van der Waals surface area contributed by atoms with E-state index in [2.05, 4.69) is 20.6 Å². The monoisotopic (exact) mass is 443 g/mol. The lowest BCUT2D eigenvalue weighted by Gasteiger charge is -2.13. The summed E-state index contributed by atoms with van der Waals surface area (Å²) in [7, 11) is 3.06. The van der Waals surface area contributed by atoms with Crippen LogP contribution >= 0.6 is 0 Å². The van der Waals surface area contributed by atoms with E-state index >= 15 is 0 Å². The molecule has 3 heterocycles. The van der Waals surface area contributed by atoms with Crippen molar-refractivity contribution in [2.75, 3.05) is 24.9 Å². The topological polar surface area (TPSA) is 93.2 Å². The molecule has 0 aliphatic rings. The quantitative estimate of drug-likeness (QED) is 0.335. The number of methoxy groups -OCH3 is 2.